The molecule has 1 aromatic heterocycles. The van der Waals surface area contributed by atoms with Crippen LogP contribution in [0, 0.1) is 6.92 Å². The predicted octanol–water partition coefficient (Wildman–Crippen LogP) is 1.99. The molecule has 0 fully saturated rings. The van der Waals surface area contributed by atoms with Gasteiger partial charge >= 0.3 is 0 Å². The third-order valence-corrected chi connectivity index (χ3v) is 3.13. The SMILES string of the molecule is Cc1[nH]ncc1CNC(=O)c1cc(Br)ccc1N. The first-order valence-electron chi connectivity index (χ1n) is 5.40. The molecule has 0 aliphatic carbocycles. The summed E-state index contributed by atoms with van der Waals surface area (Å²) in [6.45, 7) is 2.33. The zero-order chi connectivity index (χ0) is 13.1. The highest BCUT2D eigenvalue weighted by Crippen LogP contribution is 2.18. The number of carbonyl (C=O) groups is 1. The van der Waals surface area contributed by atoms with E-state index in [0.29, 0.717) is 17.8 Å². The third kappa shape index (κ3) is 2.70. The van der Waals surface area contributed by atoms with Gasteiger partial charge in [-0.1, -0.05) is 15.9 Å². The topological polar surface area (TPSA) is 83.8 Å². The van der Waals surface area contributed by atoms with Crippen LogP contribution in [0.25, 0.3) is 0 Å². The first-order valence-corrected chi connectivity index (χ1v) is 6.19. The second-order valence-electron chi connectivity index (χ2n) is 3.93. The van der Waals surface area contributed by atoms with Gasteiger partial charge in [-0.15, -0.1) is 0 Å². The minimum Gasteiger partial charge on any atom is -0.398 e. The Hall–Kier alpha value is -1.82. The van der Waals surface area contributed by atoms with E-state index in [2.05, 4.69) is 31.4 Å². The molecule has 1 amide bonds. The van der Waals surface area contributed by atoms with E-state index in [1.165, 1.54) is 0 Å². The number of hydrogen-bond donors (Lipinski definition) is 3. The maximum atomic E-state index is 12.0. The quantitative estimate of drug-likeness (QED) is 0.758. The lowest BCUT2D eigenvalue weighted by atomic mass is 10.1. The summed E-state index contributed by atoms with van der Waals surface area (Å²) in [6, 6.07) is 5.20. The Morgan fingerprint density at radius 1 is 1.56 bits per heavy atom. The summed E-state index contributed by atoms with van der Waals surface area (Å²) in [4.78, 5) is 12.0. The van der Waals surface area contributed by atoms with Gasteiger partial charge in [0.1, 0.15) is 0 Å². The van der Waals surface area contributed by atoms with Crippen LogP contribution in [0.5, 0.6) is 0 Å². The summed E-state index contributed by atoms with van der Waals surface area (Å²) in [5, 5.41) is 9.53. The lowest BCUT2D eigenvalue weighted by Gasteiger charge is -2.07. The van der Waals surface area contributed by atoms with Crippen molar-refractivity contribution in [3.63, 3.8) is 0 Å². The van der Waals surface area contributed by atoms with E-state index in [1.807, 2.05) is 6.92 Å². The largest absolute Gasteiger partial charge is 0.398 e. The Kier molecular flexibility index (Phi) is 3.66. The van der Waals surface area contributed by atoms with Crippen LogP contribution < -0.4 is 11.1 Å². The Morgan fingerprint density at radius 2 is 2.33 bits per heavy atom. The lowest BCUT2D eigenvalue weighted by Crippen LogP contribution is -2.24. The molecule has 0 spiro atoms. The van der Waals surface area contributed by atoms with Gasteiger partial charge in [-0.2, -0.15) is 5.10 Å². The van der Waals surface area contributed by atoms with Crippen LogP contribution in [-0.4, -0.2) is 16.1 Å². The molecular formula is C12H13BrN4O. The number of hydrogen-bond acceptors (Lipinski definition) is 3. The molecule has 1 heterocycles. The molecule has 0 radical (unpaired) electrons. The number of halogens is 1. The van der Waals surface area contributed by atoms with Gasteiger partial charge in [-0.25, -0.2) is 0 Å². The van der Waals surface area contributed by atoms with Crippen molar-refractivity contribution >= 4 is 27.5 Å². The molecule has 0 saturated heterocycles. The Bertz CT molecular complexity index is 579. The zero-order valence-electron chi connectivity index (χ0n) is 9.83. The molecule has 4 N–H and O–H groups in total. The van der Waals surface area contributed by atoms with E-state index in [0.717, 1.165) is 15.7 Å². The molecule has 6 heteroatoms. The number of aromatic nitrogens is 2. The molecule has 0 aliphatic heterocycles. The Balaban J connectivity index is 2.08. The molecule has 0 aliphatic rings. The van der Waals surface area contributed by atoms with Gasteiger partial charge in [0.05, 0.1) is 11.8 Å². The zero-order valence-corrected chi connectivity index (χ0v) is 11.4. The fourth-order valence-corrected chi connectivity index (χ4v) is 1.91. The smallest absolute Gasteiger partial charge is 0.253 e. The number of nitrogens with two attached hydrogens (primary N) is 1. The predicted molar refractivity (Wildman–Crippen MR) is 73.0 cm³/mol. The van der Waals surface area contributed by atoms with Crippen molar-refractivity contribution in [1.29, 1.82) is 0 Å². The summed E-state index contributed by atoms with van der Waals surface area (Å²) < 4.78 is 0.821. The van der Waals surface area contributed by atoms with Gasteiger partial charge in [-0.3, -0.25) is 9.89 Å². The Labute approximate surface area is 113 Å². The van der Waals surface area contributed by atoms with Crippen LogP contribution in [0.15, 0.2) is 28.9 Å². The molecule has 94 valence electrons. The van der Waals surface area contributed by atoms with E-state index in [1.54, 1.807) is 24.4 Å². The summed E-state index contributed by atoms with van der Waals surface area (Å²) in [7, 11) is 0. The number of carbonyl (C=O) groups excluding carboxylic acids is 1. The molecular weight excluding hydrogens is 296 g/mol. The minimum absolute atomic E-state index is 0.200. The summed E-state index contributed by atoms with van der Waals surface area (Å²) in [6.07, 6.45) is 1.69. The number of nitrogen functional groups attached to an aromatic ring is 1. The summed E-state index contributed by atoms with van der Waals surface area (Å²) in [5.41, 5.74) is 8.59. The van der Waals surface area contributed by atoms with Crippen LogP contribution >= 0.6 is 15.9 Å². The van der Waals surface area contributed by atoms with E-state index in [-0.39, 0.29) is 5.91 Å². The van der Waals surface area contributed by atoms with Gasteiger partial charge in [0.2, 0.25) is 0 Å². The van der Waals surface area contributed by atoms with Crippen molar-refractivity contribution in [2.45, 2.75) is 13.5 Å². The molecule has 2 aromatic rings. The highest BCUT2D eigenvalue weighted by molar-refractivity contribution is 9.10. The van der Waals surface area contributed by atoms with Crippen molar-refractivity contribution in [3.8, 4) is 0 Å². The van der Waals surface area contributed by atoms with E-state index >= 15 is 0 Å². The van der Waals surface area contributed by atoms with Gasteiger partial charge < -0.3 is 11.1 Å². The monoisotopic (exact) mass is 308 g/mol. The fraction of sp³-hybridized carbons (Fsp3) is 0.167. The van der Waals surface area contributed by atoms with Crippen molar-refractivity contribution in [1.82, 2.24) is 15.5 Å². The summed E-state index contributed by atoms with van der Waals surface area (Å²) >= 11 is 3.32. The first kappa shape index (κ1) is 12.6. The van der Waals surface area contributed by atoms with Crippen LogP contribution in [0.1, 0.15) is 21.6 Å². The van der Waals surface area contributed by atoms with Crippen molar-refractivity contribution < 1.29 is 4.79 Å². The highest BCUT2D eigenvalue weighted by atomic mass is 79.9. The second kappa shape index (κ2) is 5.22. The maximum absolute atomic E-state index is 12.0. The Morgan fingerprint density at radius 3 is 3.00 bits per heavy atom. The van der Waals surface area contributed by atoms with Gasteiger partial charge in [0.15, 0.2) is 0 Å². The standard InChI is InChI=1S/C12H13BrN4O/c1-7-8(6-16-17-7)5-15-12(18)10-4-9(13)2-3-11(10)14/h2-4,6H,5,14H2,1H3,(H,15,18)(H,16,17). The normalized spacial score (nSPS) is 10.3. The van der Waals surface area contributed by atoms with E-state index in [4.69, 9.17) is 5.73 Å². The lowest BCUT2D eigenvalue weighted by molar-refractivity contribution is 0.0951. The average Bonchev–Trinajstić information content (AvgIpc) is 2.75. The first-order chi connectivity index (χ1) is 8.58. The number of anilines is 1. The van der Waals surface area contributed by atoms with E-state index < -0.39 is 0 Å². The number of aryl methyl sites for hydroxylation is 1. The second-order valence-corrected chi connectivity index (χ2v) is 4.85. The molecule has 0 atom stereocenters. The van der Waals surface area contributed by atoms with Gasteiger partial charge in [-0.05, 0) is 25.1 Å². The minimum atomic E-state index is -0.200. The summed E-state index contributed by atoms with van der Waals surface area (Å²) in [5.74, 6) is -0.200. The molecule has 18 heavy (non-hydrogen) atoms. The number of H-pyrrole nitrogens is 1. The van der Waals surface area contributed by atoms with Crippen LogP contribution in [0.4, 0.5) is 5.69 Å². The number of aromatic amines is 1. The van der Waals surface area contributed by atoms with Crippen molar-refractivity contribution in [2.75, 3.05) is 5.73 Å². The highest BCUT2D eigenvalue weighted by Gasteiger charge is 2.10. The number of rotatable bonds is 3. The molecule has 0 bridgehead atoms. The van der Waals surface area contributed by atoms with Crippen LogP contribution in [-0.2, 0) is 6.54 Å². The number of nitrogens with one attached hydrogen (secondary N) is 2. The number of benzene rings is 1. The van der Waals surface area contributed by atoms with Crippen molar-refractivity contribution in [3.05, 3.63) is 45.7 Å². The number of amides is 1. The molecule has 0 saturated carbocycles. The fourth-order valence-electron chi connectivity index (χ4n) is 1.55. The molecule has 1 aromatic carbocycles. The van der Waals surface area contributed by atoms with Crippen molar-refractivity contribution in [2.24, 2.45) is 0 Å². The third-order valence-electron chi connectivity index (χ3n) is 2.63. The molecule has 5 nitrogen and oxygen atoms in total. The van der Waals surface area contributed by atoms with Gasteiger partial charge in [0, 0.05) is 28.0 Å². The molecule has 0 unspecified atom stereocenters. The molecule has 2 rings (SSSR count). The van der Waals surface area contributed by atoms with Crippen LogP contribution in [0.3, 0.4) is 0 Å². The average molecular weight is 309 g/mol. The number of nitrogens with zero attached hydrogens (tertiary/aromatic N) is 1. The van der Waals surface area contributed by atoms with Crippen LogP contribution in [0.2, 0.25) is 0 Å². The maximum Gasteiger partial charge on any atom is 0.253 e. The van der Waals surface area contributed by atoms with E-state index in [9.17, 15) is 4.79 Å². The van der Waals surface area contributed by atoms with Gasteiger partial charge in [0.25, 0.3) is 5.91 Å².